The Morgan fingerprint density at radius 3 is 2.80 bits per heavy atom. The van der Waals surface area contributed by atoms with Crippen LogP contribution in [0.2, 0.25) is 0 Å². The number of carbonyl (C=O) groups excluding carboxylic acids is 1. The predicted molar refractivity (Wildman–Crippen MR) is 81.1 cm³/mol. The van der Waals surface area contributed by atoms with Crippen LogP contribution < -0.4 is 10.1 Å². The van der Waals surface area contributed by atoms with Gasteiger partial charge >= 0.3 is 0 Å². The van der Waals surface area contributed by atoms with Crippen molar-refractivity contribution in [2.75, 3.05) is 25.0 Å². The Labute approximate surface area is 121 Å². The summed E-state index contributed by atoms with van der Waals surface area (Å²) < 4.78 is 5.64. The van der Waals surface area contributed by atoms with Crippen LogP contribution in [0.25, 0.3) is 0 Å². The van der Waals surface area contributed by atoms with Gasteiger partial charge in [-0.3, -0.25) is 4.79 Å². The van der Waals surface area contributed by atoms with Crippen molar-refractivity contribution in [1.82, 2.24) is 4.90 Å². The zero-order chi connectivity index (χ0) is 14.4. The van der Waals surface area contributed by atoms with Gasteiger partial charge in [0.2, 0.25) is 5.91 Å². The Morgan fingerprint density at radius 2 is 2.15 bits per heavy atom. The van der Waals surface area contributed by atoms with Crippen molar-refractivity contribution in [3.05, 3.63) is 24.3 Å². The normalized spacial score (nSPS) is 16.0. The minimum Gasteiger partial charge on any atom is -0.494 e. The second-order valence-corrected chi connectivity index (χ2v) is 5.30. The molecule has 110 valence electrons. The fraction of sp³-hybridized carbons (Fsp3) is 0.562. The largest absolute Gasteiger partial charge is 0.494 e. The van der Waals surface area contributed by atoms with Crippen LogP contribution in [0.1, 0.15) is 33.1 Å². The average Bonchev–Trinajstić information content (AvgIpc) is 2.46. The van der Waals surface area contributed by atoms with Crippen molar-refractivity contribution in [3.63, 3.8) is 0 Å². The van der Waals surface area contributed by atoms with Gasteiger partial charge in [0.15, 0.2) is 0 Å². The summed E-state index contributed by atoms with van der Waals surface area (Å²) in [7, 11) is 0. The third-order valence-electron chi connectivity index (χ3n) is 3.62. The molecule has 2 rings (SSSR count). The molecule has 0 saturated carbocycles. The lowest BCUT2D eigenvalue weighted by Crippen LogP contribution is -2.41. The van der Waals surface area contributed by atoms with Crippen LogP contribution in [-0.2, 0) is 4.79 Å². The van der Waals surface area contributed by atoms with E-state index in [-0.39, 0.29) is 5.91 Å². The molecule has 0 aliphatic carbocycles. The fourth-order valence-corrected chi connectivity index (χ4v) is 2.47. The summed E-state index contributed by atoms with van der Waals surface area (Å²) in [5, 5.41) is 3.54. The summed E-state index contributed by atoms with van der Waals surface area (Å²) in [4.78, 5) is 13.2. The first-order valence-corrected chi connectivity index (χ1v) is 7.44. The van der Waals surface area contributed by atoms with Crippen molar-refractivity contribution in [2.24, 2.45) is 0 Å². The van der Waals surface area contributed by atoms with Gasteiger partial charge in [0.05, 0.1) is 6.61 Å². The topological polar surface area (TPSA) is 41.6 Å². The monoisotopic (exact) mass is 276 g/mol. The molecule has 1 amide bonds. The van der Waals surface area contributed by atoms with Gasteiger partial charge in [0.1, 0.15) is 5.75 Å². The van der Waals surface area contributed by atoms with Gasteiger partial charge in [-0.1, -0.05) is 13.0 Å². The molecule has 0 bridgehead atoms. The fourth-order valence-electron chi connectivity index (χ4n) is 2.47. The van der Waals surface area contributed by atoms with Gasteiger partial charge in [-0.15, -0.1) is 0 Å². The number of benzene rings is 1. The summed E-state index contributed by atoms with van der Waals surface area (Å²) >= 11 is 0. The number of amides is 1. The third kappa shape index (κ3) is 4.15. The lowest BCUT2D eigenvalue weighted by atomic mass is 10.0. The van der Waals surface area contributed by atoms with E-state index in [4.69, 9.17) is 4.74 Å². The number of hydrogen-bond acceptors (Lipinski definition) is 3. The maximum Gasteiger partial charge on any atom is 0.219 e. The number of nitrogens with one attached hydrogen (secondary N) is 1. The molecular formula is C16H24N2O2. The number of carbonyl (C=O) groups is 1. The van der Waals surface area contributed by atoms with Crippen LogP contribution in [-0.4, -0.2) is 36.5 Å². The van der Waals surface area contributed by atoms with E-state index in [0.717, 1.165) is 50.4 Å². The maximum atomic E-state index is 11.3. The van der Waals surface area contributed by atoms with Crippen molar-refractivity contribution < 1.29 is 9.53 Å². The molecule has 0 unspecified atom stereocenters. The smallest absolute Gasteiger partial charge is 0.219 e. The van der Waals surface area contributed by atoms with E-state index in [1.165, 1.54) is 0 Å². The first-order chi connectivity index (χ1) is 9.69. The van der Waals surface area contributed by atoms with Crippen LogP contribution in [0.4, 0.5) is 5.69 Å². The average molecular weight is 276 g/mol. The van der Waals surface area contributed by atoms with E-state index < -0.39 is 0 Å². The van der Waals surface area contributed by atoms with Crippen molar-refractivity contribution >= 4 is 11.6 Å². The van der Waals surface area contributed by atoms with Crippen molar-refractivity contribution in [1.29, 1.82) is 0 Å². The van der Waals surface area contributed by atoms with Crippen LogP contribution >= 0.6 is 0 Å². The van der Waals surface area contributed by atoms with Gasteiger partial charge < -0.3 is 15.0 Å². The standard InChI is InChI=1S/C16H24N2O2/c1-3-11-20-16-6-4-5-15(12-16)17-14-7-9-18(10-8-14)13(2)19/h4-6,12,14,17H,3,7-11H2,1-2H3. The van der Waals surface area contributed by atoms with E-state index in [2.05, 4.69) is 18.3 Å². The number of likely N-dealkylation sites (tertiary alicyclic amines) is 1. The van der Waals surface area contributed by atoms with Gasteiger partial charge in [-0.05, 0) is 31.4 Å². The van der Waals surface area contributed by atoms with E-state index >= 15 is 0 Å². The lowest BCUT2D eigenvalue weighted by Gasteiger charge is -2.32. The molecule has 4 heteroatoms. The summed E-state index contributed by atoms with van der Waals surface area (Å²) in [6, 6.07) is 8.55. The Morgan fingerprint density at radius 1 is 1.40 bits per heavy atom. The molecular weight excluding hydrogens is 252 g/mol. The Balaban J connectivity index is 1.86. The molecule has 1 aliphatic heterocycles. The minimum atomic E-state index is 0.179. The number of ether oxygens (including phenoxy) is 1. The number of hydrogen-bond donors (Lipinski definition) is 1. The van der Waals surface area contributed by atoms with Gasteiger partial charge in [0.25, 0.3) is 0 Å². The molecule has 0 aromatic heterocycles. The summed E-state index contributed by atoms with van der Waals surface area (Å²) in [6.07, 6.45) is 3.01. The lowest BCUT2D eigenvalue weighted by molar-refractivity contribution is -0.129. The summed E-state index contributed by atoms with van der Waals surface area (Å²) in [6.45, 7) is 6.19. The molecule has 0 radical (unpaired) electrons. The Bertz CT molecular complexity index is 440. The third-order valence-corrected chi connectivity index (χ3v) is 3.62. The molecule has 1 heterocycles. The van der Waals surface area contributed by atoms with Crippen LogP contribution in [0.3, 0.4) is 0 Å². The first-order valence-electron chi connectivity index (χ1n) is 7.44. The molecule has 20 heavy (non-hydrogen) atoms. The zero-order valence-electron chi connectivity index (χ0n) is 12.4. The van der Waals surface area contributed by atoms with Crippen LogP contribution in [0.5, 0.6) is 5.75 Å². The molecule has 1 N–H and O–H groups in total. The Kier molecular flexibility index (Phi) is 5.27. The summed E-state index contributed by atoms with van der Waals surface area (Å²) in [5.74, 6) is 1.09. The number of anilines is 1. The number of rotatable bonds is 5. The summed E-state index contributed by atoms with van der Waals surface area (Å²) in [5.41, 5.74) is 1.10. The molecule has 1 aromatic rings. The van der Waals surface area contributed by atoms with Gasteiger partial charge in [-0.2, -0.15) is 0 Å². The highest BCUT2D eigenvalue weighted by molar-refractivity contribution is 5.73. The molecule has 1 aliphatic rings. The minimum absolute atomic E-state index is 0.179. The molecule has 1 aromatic carbocycles. The SMILES string of the molecule is CCCOc1cccc(NC2CCN(C(C)=O)CC2)c1. The van der Waals surface area contributed by atoms with E-state index in [9.17, 15) is 4.79 Å². The quantitative estimate of drug-likeness (QED) is 0.899. The molecule has 1 saturated heterocycles. The Hall–Kier alpha value is -1.71. The molecule has 1 fully saturated rings. The highest BCUT2D eigenvalue weighted by atomic mass is 16.5. The molecule has 0 spiro atoms. The van der Waals surface area contributed by atoms with E-state index in [1.807, 2.05) is 23.1 Å². The van der Waals surface area contributed by atoms with Crippen LogP contribution in [0, 0.1) is 0 Å². The van der Waals surface area contributed by atoms with Crippen LogP contribution in [0.15, 0.2) is 24.3 Å². The van der Waals surface area contributed by atoms with Gasteiger partial charge in [0, 0.05) is 37.8 Å². The van der Waals surface area contributed by atoms with Crippen molar-refractivity contribution in [3.8, 4) is 5.75 Å². The van der Waals surface area contributed by atoms with E-state index in [1.54, 1.807) is 6.92 Å². The van der Waals surface area contributed by atoms with E-state index in [0.29, 0.717) is 6.04 Å². The zero-order valence-corrected chi connectivity index (χ0v) is 12.4. The van der Waals surface area contributed by atoms with Crippen molar-refractivity contribution in [2.45, 2.75) is 39.2 Å². The molecule has 4 nitrogen and oxygen atoms in total. The van der Waals surface area contributed by atoms with Gasteiger partial charge in [-0.25, -0.2) is 0 Å². The predicted octanol–water partition coefficient (Wildman–Crippen LogP) is 2.90. The highest BCUT2D eigenvalue weighted by Crippen LogP contribution is 2.21. The second-order valence-electron chi connectivity index (χ2n) is 5.30. The molecule has 0 atom stereocenters. The first kappa shape index (κ1) is 14.7. The number of nitrogens with zero attached hydrogens (tertiary/aromatic N) is 1. The maximum absolute atomic E-state index is 11.3. The second kappa shape index (κ2) is 7.17. The highest BCUT2D eigenvalue weighted by Gasteiger charge is 2.20. The number of piperidine rings is 1.